The smallest absolute Gasteiger partial charge is 0.227 e. The van der Waals surface area contributed by atoms with E-state index in [0.717, 1.165) is 12.0 Å². The normalized spacial score (nSPS) is 16.8. The van der Waals surface area contributed by atoms with Crippen LogP contribution in [0.4, 0.5) is 10.1 Å². The van der Waals surface area contributed by atoms with Gasteiger partial charge in [-0.25, -0.2) is 4.39 Å². The first-order chi connectivity index (χ1) is 12.5. The van der Waals surface area contributed by atoms with E-state index in [2.05, 4.69) is 12.2 Å². The van der Waals surface area contributed by atoms with Crippen molar-refractivity contribution in [2.75, 3.05) is 11.4 Å². The minimum absolute atomic E-state index is 0.0428. The summed E-state index contributed by atoms with van der Waals surface area (Å²) in [6, 6.07) is 12.2. The van der Waals surface area contributed by atoms with Gasteiger partial charge >= 0.3 is 0 Å². The average molecular weight is 375 g/mol. The molecule has 1 heterocycles. The molecule has 1 N–H and O–H groups in total. The Morgan fingerprint density at radius 1 is 1.23 bits per heavy atom. The molecule has 1 atom stereocenters. The topological polar surface area (TPSA) is 49.4 Å². The van der Waals surface area contributed by atoms with Crippen molar-refractivity contribution >= 4 is 29.1 Å². The highest BCUT2D eigenvalue weighted by Crippen LogP contribution is 2.28. The summed E-state index contributed by atoms with van der Waals surface area (Å²) in [7, 11) is 0. The zero-order chi connectivity index (χ0) is 18.7. The number of nitrogens with zero attached hydrogens (tertiary/aromatic N) is 1. The molecular weight excluding hydrogens is 355 g/mol. The van der Waals surface area contributed by atoms with Gasteiger partial charge in [0.2, 0.25) is 11.8 Å². The zero-order valence-corrected chi connectivity index (χ0v) is 15.2. The number of aryl methyl sites for hydroxylation is 1. The minimum atomic E-state index is -0.537. The highest BCUT2D eigenvalue weighted by atomic mass is 35.5. The third-order valence-corrected chi connectivity index (χ3v) is 4.90. The fraction of sp³-hybridized carbons (Fsp3) is 0.300. The molecule has 0 saturated carbocycles. The molecule has 1 fully saturated rings. The molecule has 3 rings (SSSR count). The molecule has 2 aromatic carbocycles. The predicted molar refractivity (Wildman–Crippen MR) is 99.5 cm³/mol. The molecule has 2 aromatic rings. The molecule has 1 aliphatic rings. The van der Waals surface area contributed by atoms with Gasteiger partial charge in [-0.1, -0.05) is 42.8 Å². The lowest BCUT2D eigenvalue weighted by Gasteiger charge is -2.17. The zero-order valence-electron chi connectivity index (χ0n) is 14.5. The van der Waals surface area contributed by atoms with Crippen molar-refractivity contribution in [1.29, 1.82) is 0 Å². The first-order valence-electron chi connectivity index (χ1n) is 8.59. The van der Waals surface area contributed by atoms with Crippen molar-refractivity contribution in [3.05, 3.63) is 64.4 Å². The number of amides is 2. The summed E-state index contributed by atoms with van der Waals surface area (Å²) >= 11 is 5.79. The van der Waals surface area contributed by atoms with Crippen LogP contribution in [0.15, 0.2) is 42.5 Å². The quantitative estimate of drug-likeness (QED) is 0.867. The van der Waals surface area contributed by atoms with E-state index in [1.165, 1.54) is 28.7 Å². The van der Waals surface area contributed by atoms with E-state index in [4.69, 9.17) is 11.6 Å². The van der Waals surface area contributed by atoms with Crippen molar-refractivity contribution in [2.24, 2.45) is 5.92 Å². The average Bonchev–Trinajstić information content (AvgIpc) is 3.04. The van der Waals surface area contributed by atoms with Gasteiger partial charge in [0.15, 0.2) is 0 Å². The number of halogens is 2. The molecule has 4 nitrogen and oxygen atoms in total. The lowest BCUT2D eigenvalue weighted by atomic mass is 10.1. The van der Waals surface area contributed by atoms with Crippen molar-refractivity contribution in [3.8, 4) is 0 Å². The molecule has 0 aliphatic carbocycles. The molecule has 2 amide bonds. The Morgan fingerprint density at radius 3 is 2.58 bits per heavy atom. The van der Waals surface area contributed by atoms with E-state index >= 15 is 0 Å². The lowest BCUT2D eigenvalue weighted by molar-refractivity contribution is -0.126. The highest BCUT2D eigenvalue weighted by molar-refractivity contribution is 6.31. The van der Waals surface area contributed by atoms with E-state index in [-0.39, 0.29) is 29.8 Å². The maximum absolute atomic E-state index is 13.3. The van der Waals surface area contributed by atoms with Gasteiger partial charge in [0.25, 0.3) is 0 Å². The summed E-state index contributed by atoms with van der Waals surface area (Å²) in [6.45, 7) is 2.78. The number of hydrogen-bond donors (Lipinski definition) is 1. The van der Waals surface area contributed by atoms with Gasteiger partial charge in [-0.2, -0.15) is 0 Å². The molecule has 1 saturated heterocycles. The lowest BCUT2D eigenvalue weighted by Crippen LogP contribution is -2.32. The van der Waals surface area contributed by atoms with E-state index in [9.17, 15) is 14.0 Å². The van der Waals surface area contributed by atoms with Crippen LogP contribution in [0.1, 0.15) is 24.5 Å². The Balaban J connectivity index is 1.60. The Bertz CT molecular complexity index is 823. The van der Waals surface area contributed by atoms with Gasteiger partial charge in [-0.3, -0.25) is 9.59 Å². The number of benzene rings is 2. The summed E-state index contributed by atoms with van der Waals surface area (Å²) in [5.41, 5.74) is 2.77. The predicted octanol–water partition coefficient (Wildman–Crippen LogP) is 3.71. The fourth-order valence-corrected chi connectivity index (χ4v) is 3.19. The first-order valence-corrected chi connectivity index (χ1v) is 8.96. The molecule has 0 bridgehead atoms. The summed E-state index contributed by atoms with van der Waals surface area (Å²) in [4.78, 5) is 26.1. The maximum Gasteiger partial charge on any atom is 0.227 e. The van der Waals surface area contributed by atoms with Crippen molar-refractivity contribution in [1.82, 2.24) is 5.32 Å². The Hall–Kier alpha value is -2.40. The SMILES string of the molecule is CCc1ccc(CNC(=O)C2CC(=O)N(c3ccc(F)c(Cl)c3)C2)cc1. The number of carbonyl (C=O) groups excluding carboxylic acids is 2. The maximum atomic E-state index is 13.3. The van der Waals surface area contributed by atoms with Crippen molar-refractivity contribution in [3.63, 3.8) is 0 Å². The molecule has 0 aromatic heterocycles. The van der Waals surface area contributed by atoms with Gasteiger partial charge in [0.1, 0.15) is 5.82 Å². The largest absolute Gasteiger partial charge is 0.352 e. The number of nitrogens with one attached hydrogen (secondary N) is 1. The molecule has 0 radical (unpaired) electrons. The van der Waals surface area contributed by atoms with Gasteiger partial charge in [-0.15, -0.1) is 0 Å². The molecule has 26 heavy (non-hydrogen) atoms. The first kappa shape index (κ1) is 18.4. The van der Waals surface area contributed by atoms with Crippen LogP contribution < -0.4 is 10.2 Å². The monoisotopic (exact) mass is 374 g/mol. The standard InChI is InChI=1S/C20H20ClFN2O2/c1-2-13-3-5-14(6-4-13)11-23-20(26)15-9-19(25)24(12-15)16-7-8-18(22)17(21)10-16/h3-8,10,15H,2,9,11-12H2,1H3,(H,23,26). The van der Waals surface area contributed by atoms with Crippen molar-refractivity contribution < 1.29 is 14.0 Å². The summed E-state index contributed by atoms with van der Waals surface area (Å²) in [6.07, 6.45) is 1.11. The molecule has 1 aliphatic heterocycles. The van der Waals surface area contributed by atoms with Crippen LogP contribution in [0.3, 0.4) is 0 Å². The van der Waals surface area contributed by atoms with Crippen LogP contribution in [0.5, 0.6) is 0 Å². The van der Waals surface area contributed by atoms with E-state index in [1.54, 1.807) is 0 Å². The minimum Gasteiger partial charge on any atom is -0.352 e. The second-order valence-corrected chi connectivity index (χ2v) is 6.80. The molecule has 136 valence electrons. The second kappa shape index (κ2) is 7.87. The molecule has 1 unspecified atom stereocenters. The van der Waals surface area contributed by atoms with Gasteiger partial charge in [-0.05, 0) is 35.7 Å². The molecular formula is C20H20ClFN2O2. The van der Waals surface area contributed by atoms with Crippen LogP contribution in [-0.2, 0) is 22.6 Å². The summed E-state index contributed by atoms with van der Waals surface area (Å²) < 4.78 is 13.3. The van der Waals surface area contributed by atoms with Gasteiger partial charge < -0.3 is 10.2 Å². The van der Waals surface area contributed by atoms with E-state index in [0.29, 0.717) is 12.2 Å². The Labute approximate surface area is 157 Å². The highest BCUT2D eigenvalue weighted by Gasteiger charge is 2.35. The molecule has 0 spiro atoms. The van der Waals surface area contributed by atoms with E-state index in [1.807, 2.05) is 24.3 Å². The van der Waals surface area contributed by atoms with E-state index < -0.39 is 11.7 Å². The molecule has 6 heteroatoms. The van der Waals surface area contributed by atoms with Crippen LogP contribution >= 0.6 is 11.6 Å². The van der Waals surface area contributed by atoms with Crippen molar-refractivity contribution in [2.45, 2.75) is 26.3 Å². The number of rotatable bonds is 5. The third kappa shape index (κ3) is 4.05. The fourth-order valence-electron chi connectivity index (χ4n) is 3.01. The second-order valence-electron chi connectivity index (χ2n) is 6.39. The third-order valence-electron chi connectivity index (χ3n) is 4.61. The van der Waals surface area contributed by atoms with Crippen LogP contribution in [-0.4, -0.2) is 18.4 Å². The number of carbonyl (C=O) groups is 2. The Morgan fingerprint density at radius 2 is 1.92 bits per heavy atom. The summed E-state index contributed by atoms with van der Waals surface area (Å²) in [5.74, 6) is -1.29. The van der Waals surface area contributed by atoms with Gasteiger partial charge in [0.05, 0.1) is 10.9 Å². The number of anilines is 1. The van der Waals surface area contributed by atoms with Crippen LogP contribution in [0.25, 0.3) is 0 Å². The van der Waals surface area contributed by atoms with Crippen LogP contribution in [0.2, 0.25) is 5.02 Å². The number of hydrogen-bond acceptors (Lipinski definition) is 2. The van der Waals surface area contributed by atoms with Crippen LogP contribution in [0, 0.1) is 11.7 Å². The summed E-state index contributed by atoms with van der Waals surface area (Å²) in [5, 5.41) is 2.84. The van der Waals surface area contributed by atoms with Gasteiger partial charge in [0, 0.05) is 25.2 Å². The Kier molecular flexibility index (Phi) is 5.57.